The molecule has 0 aromatic rings. The SMILES string of the molecule is C=C1CC[C@@H]2CCC34OC3(C(O)(C/C(C)=C\C(O)C1)O[C@H]4OC)C2(C)C. The quantitative estimate of drug-likeness (QED) is 0.553. The van der Waals surface area contributed by atoms with E-state index in [1.54, 1.807) is 7.11 Å². The molecule has 1 saturated carbocycles. The van der Waals surface area contributed by atoms with Gasteiger partial charge in [0.25, 0.3) is 0 Å². The molecule has 3 fully saturated rings. The molecule has 1 spiro atoms. The molecule has 2 aliphatic heterocycles. The largest absolute Gasteiger partial charge is 0.389 e. The minimum Gasteiger partial charge on any atom is -0.389 e. The van der Waals surface area contributed by atoms with Gasteiger partial charge in [-0.2, -0.15) is 0 Å². The van der Waals surface area contributed by atoms with Crippen molar-refractivity contribution in [2.75, 3.05) is 7.11 Å². The van der Waals surface area contributed by atoms with Crippen LogP contribution in [0.15, 0.2) is 23.8 Å². The van der Waals surface area contributed by atoms with Gasteiger partial charge in [-0.3, -0.25) is 0 Å². The Morgan fingerprint density at radius 3 is 2.73 bits per heavy atom. The summed E-state index contributed by atoms with van der Waals surface area (Å²) in [6.45, 7) is 10.5. The first-order valence-corrected chi connectivity index (χ1v) is 9.77. The van der Waals surface area contributed by atoms with Crippen LogP contribution in [0, 0.1) is 11.3 Å². The van der Waals surface area contributed by atoms with E-state index in [9.17, 15) is 10.2 Å². The van der Waals surface area contributed by atoms with Gasteiger partial charge in [-0.1, -0.05) is 37.6 Å². The predicted molar refractivity (Wildman–Crippen MR) is 97.3 cm³/mol. The summed E-state index contributed by atoms with van der Waals surface area (Å²) in [6, 6.07) is 0. The normalized spacial score (nSPS) is 52.3. The zero-order valence-electron chi connectivity index (χ0n) is 16.4. The molecular formula is C21H32O5. The number of rotatable bonds is 1. The Hall–Kier alpha value is -0.720. The third kappa shape index (κ3) is 2.15. The smallest absolute Gasteiger partial charge is 0.205 e. The van der Waals surface area contributed by atoms with E-state index in [0.717, 1.165) is 36.8 Å². The van der Waals surface area contributed by atoms with Crippen molar-refractivity contribution < 1.29 is 24.4 Å². The summed E-state index contributed by atoms with van der Waals surface area (Å²) in [5.41, 5.74) is 0.359. The van der Waals surface area contributed by atoms with Crippen molar-refractivity contribution in [3.05, 3.63) is 23.8 Å². The molecular weight excluding hydrogens is 332 g/mol. The molecule has 2 saturated heterocycles. The van der Waals surface area contributed by atoms with Gasteiger partial charge in [-0.05, 0) is 44.9 Å². The van der Waals surface area contributed by atoms with Crippen LogP contribution in [-0.2, 0) is 14.2 Å². The fourth-order valence-corrected chi connectivity index (χ4v) is 6.30. The van der Waals surface area contributed by atoms with Gasteiger partial charge < -0.3 is 24.4 Å². The topological polar surface area (TPSA) is 71.5 Å². The Labute approximate surface area is 156 Å². The molecule has 26 heavy (non-hydrogen) atoms. The molecule has 2 heterocycles. The predicted octanol–water partition coefficient (Wildman–Crippen LogP) is 3.06. The monoisotopic (exact) mass is 364 g/mol. The number of hydrogen-bond acceptors (Lipinski definition) is 5. The number of fused-ring (bicyclic) bond motifs is 1. The van der Waals surface area contributed by atoms with Gasteiger partial charge in [-0.15, -0.1) is 0 Å². The van der Waals surface area contributed by atoms with E-state index in [4.69, 9.17) is 14.2 Å². The highest BCUT2D eigenvalue weighted by atomic mass is 16.8. The molecule has 2 aliphatic carbocycles. The highest BCUT2D eigenvalue weighted by Crippen LogP contribution is 2.77. The number of epoxide rings is 1. The lowest BCUT2D eigenvalue weighted by Crippen LogP contribution is -2.59. The zero-order chi connectivity index (χ0) is 19.0. The molecule has 0 radical (unpaired) electrons. The van der Waals surface area contributed by atoms with Crippen LogP contribution in [0.4, 0.5) is 0 Å². The molecule has 4 aliphatic rings. The summed E-state index contributed by atoms with van der Waals surface area (Å²) in [5, 5.41) is 22.0. The lowest BCUT2D eigenvalue weighted by atomic mass is 9.54. The zero-order valence-corrected chi connectivity index (χ0v) is 16.4. The summed E-state index contributed by atoms with van der Waals surface area (Å²) < 4.78 is 18.2. The number of aliphatic hydroxyl groups excluding tert-OH is 1. The van der Waals surface area contributed by atoms with Crippen molar-refractivity contribution in [1.82, 2.24) is 0 Å². The summed E-state index contributed by atoms with van der Waals surface area (Å²) in [5.74, 6) is -1.06. The average Bonchev–Trinajstić information content (AvgIpc) is 3.19. The third-order valence-corrected chi connectivity index (χ3v) is 7.47. The van der Waals surface area contributed by atoms with Gasteiger partial charge in [0.05, 0.1) is 6.10 Å². The van der Waals surface area contributed by atoms with E-state index in [0.29, 0.717) is 18.8 Å². The second-order valence-corrected chi connectivity index (χ2v) is 9.35. The molecule has 5 heteroatoms. The summed E-state index contributed by atoms with van der Waals surface area (Å²) in [4.78, 5) is 0. The Balaban J connectivity index is 1.81. The van der Waals surface area contributed by atoms with Crippen molar-refractivity contribution in [3.8, 4) is 0 Å². The summed E-state index contributed by atoms with van der Waals surface area (Å²) >= 11 is 0. The standard InChI is InChI=1S/C21H32O5/c1-13-6-7-15-8-9-19-17(24-5)25-20(23,12-14(2)11-16(22)10-13)21(19,26-19)18(15,3)4/h11,15-17,22-23H,1,6-10,12H2,2-5H3/b14-11-/t15-,16?,17-,19?,20?,21?/m1/s1. The first-order chi connectivity index (χ1) is 12.1. The van der Waals surface area contributed by atoms with Gasteiger partial charge in [0.2, 0.25) is 5.79 Å². The Bertz CT molecular complexity index is 655. The third-order valence-electron chi connectivity index (χ3n) is 7.47. The molecule has 4 unspecified atom stereocenters. The van der Waals surface area contributed by atoms with Gasteiger partial charge in [0.15, 0.2) is 17.5 Å². The molecule has 0 amide bonds. The Morgan fingerprint density at radius 2 is 2.04 bits per heavy atom. The Kier molecular flexibility index (Phi) is 4.05. The Morgan fingerprint density at radius 1 is 1.31 bits per heavy atom. The average molecular weight is 364 g/mol. The second kappa shape index (κ2) is 5.65. The fourth-order valence-electron chi connectivity index (χ4n) is 6.30. The molecule has 2 bridgehead atoms. The van der Waals surface area contributed by atoms with E-state index in [1.165, 1.54) is 0 Å². The number of hydrogen-bond donors (Lipinski definition) is 2. The maximum absolute atomic E-state index is 11.7. The van der Waals surface area contributed by atoms with Gasteiger partial charge >= 0.3 is 0 Å². The number of aliphatic hydroxyl groups is 2. The summed E-state index contributed by atoms with van der Waals surface area (Å²) in [7, 11) is 1.61. The number of methoxy groups -OCH3 is 1. The lowest BCUT2D eigenvalue weighted by molar-refractivity contribution is -0.312. The van der Waals surface area contributed by atoms with Crippen molar-refractivity contribution >= 4 is 0 Å². The molecule has 0 aromatic heterocycles. The minimum absolute atomic E-state index is 0.258. The molecule has 2 N–H and O–H groups in total. The first kappa shape index (κ1) is 18.6. The van der Waals surface area contributed by atoms with Gasteiger partial charge in [-0.25, -0.2) is 0 Å². The first-order valence-electron chi connectivity index (χ1n) is 9.77. The van der Waals surface area contributed by atoms with Crippen LogP contribution in [-0.4, -0.2) is 46.7 Å². The lowest BCUT2D eigenvalue weighted by Gasteiger charge is -2.47. The van der Waals surface area contributed by atoms with Crippen molar-refractivity contribution in [2.24, 2.45) is 11.3 Å². The maximum Gasteiger partial charge on any atom is 0.205 e. The number of ether oxygens (including phenoxy) is 3. The second-order valence-electron chi connectivity index (χ2n) is 9.35. The van der Waals surface area contributed by atoms with Crippen LogP contribution < -0.4 is 0 Å². The highest BCUT2D eigenvalue weighted by molar-refractivity contribution is 5.37. The minimum atomic E-state index is -1.45. The van der Waals surface area contributed by atoms with E-state index in [-0.39, 0.29) is 5.41 Å². The maximum atomic E-state index is 11.7. The fraction of sp³-hybridized carbons (Fsp3) is 0.810. The molecule has 0 aromatic carbocycles. The van der Waals surface area contributed by atoms with E-state index >= 15 is 0 Å². The van der Waals surface area contributed by atoms with Crippen LogP contribution in [0.2, 0.25) is 0 Å². The van der Waals surface area contributed by atoms with Crippen molar-refractivity contribution in [1.29, 1.82) is 0 Å². The van der Waals surface area contributed by atoms with Crippen LogP contribution in [0.1, 0.15) is 59.3 Å². The van der Waals surface area contributed by atoms with E-state index in [1.807, 2.05) is 13.0 Å². The van der Waals surface area contributed by atoms with Crippen molar-refractivity contribution in [2.45, 2.75) is 88.7 Å². The van der Waals surface area contributed by atoms with Crippen LogP contribution in [0.25, 0.3) is 0 Å². The van der Waals surface area contributed by atoms with Crippen LogP contribution in [0.3, 0.4) is 0 Å². The van der Waals surface area contributed by atoms with Gasteiger partial charge in [0.1, 0.15) is 0 Å². The van der Waals surface area contributed by atoms with Crippen LogP contribution in [0.5, 0.6) is 0 Å². The van der Waals surface area contributed by atoms with E-state index in [2.05, 4.69) is 20.4 Å². The summed E-state index contributed by atoms with van der Waals surface area (Å²) in [6.07, 6.45) is 5.24. The molecule has 4 rings (SSSR count). The molecule has 146 valence electrons. The molecule has 5 nitrogen and oxygen atoms in total. The highest BCUT2D eigenvalue weighted by Gasteiger charge is 2.93. The van der Waals surface area contributed by atoms with E-state index < -0.39 is 29.4 Å². The van der Waals surface area contributed by atoms with Crippen LogP contribution >= 0.6 is 0 Å². The van der Waals surface area contributed by atoms with Gasteiger partial charge in [0, 0.05) is 18.9 Å². The van der Waals surface area contributed by atoms with Crippen molar-refractivity contribution in [3.63, 3.8) is 0 Å². The molecule has 6 atom stereocenters.